The summed E-state index contributed by atoms with van der Waals surface area (Å²) in [4.78, 5) is 15.7. The van der Waals surface area contributed by atoms with Crippen LogP contribution in [0, 0.1) is 0 Å². The molecule has 0 radical (unpaired) electrons. The molecule has 0 fully saturated rings. The molecule has 4 heteroatoms. The predicted molar refractivity (Wildman–Crippen MR) is 178 cm³/mol. The predicted octanol–water partition coefficient (Wildman–Crippen LogP) is 10.5. The first kappa shape index (κ1) is 24.9. The van der Waals surface area contributed by atoms with Gasteiger partial charge >= 0.3 is 0 Å². The minimum absolute atomic E-state index is 0.0194. The third-order valence-electron chi connectivity index (χ3n) is 9.25. The standard InChI is InChI=1S/C40H27NO3/c1-40(2)30-13-4-5-14-32(30)41-33-15-6-8-17-36(33)44-39-27(19-20-31(40)37(39)41)26-11-9-10-24(22-26)25-18-21-35-29(23-25)38(42)28-12-3-7-16-34(28)43-35/h3-23H,1-2H3. The lowest BCUT2D eigenvalue weighted by atomic mass is 9.72. The number of hydrogen-bond donors (Lipinski definition) is 0. The molecule has 0 N–H and O–H groups in total. The lowest BCUT2D eigenvalue weighted by Gasteiger charge is -2.45. The van der Waals surface area contributed by atoms with Crippen LogP contribution in [-0.4, -0.2) is 0 Å². The van der Waals surface area contributed by atoms with Crippen molar-refractivity contribution in [3.8, 4) is 33.8 Å². The summed E-state index contributed by atoms with van der Waals surface area (Å²) in [6.07, 6.45) is 0. The number of ether oxygens (including phenoxy) is 1. The first-order chi connectivity index (χ1) is 21.5. The number of fused-ring (bicyclic) bond motifs is 6. The van der Waals surface area contributed by atoms with Crippen LogP contribution in [0.1, 0.15) is 25.0 Å². The third kappa shape index (κ3) is 3.42. The number of benzene rings is 6. The maximum absolute atomic E-state index is 13.4. The van der Waals surface area contributed by atoms with Crippen LogP contribution in [0.2, 0.25) is 0 Å². The van der Waals surface area contributed by atoms with E-state index >= 15 is 0 Å². The van der Waals surface area contributed by atoms with E-state index in [9.17, 15) is 4.79 Å². The molecule has 44 heavy (non-hydrogen) atoms. The Labute approximate surface area is 254 Å². The van der Waals surface area contributed by atoms with Crippen LogP contribution < -0.4 is 15.1 Å². The molecular formula is C40H27NO3. The molecule has 0 saturated heterocycles. The van der Waals surface area contributed by atoms with E-state index < -0.39 is 0 Å². The molecule has 0 atom stereocenters. The van der Waals surface area contributed by atoms with Crippen molar-refractivity contribution in [1.29, 1.82) is 0 Å². The van der Waals surface area contributed by atoms with Gasteiger partial charge in [0.2, 0.25) is 5.43 Å². The van der Waals surface area contributed by atoms with Crippen molar-refractivity contribution in [2.24, 2.45) is 0 Å². The van der Waals surface area contributed by atoms with Crippen molar-refractivity contribution in [3.63, 3.8) is 0 Å². The van der Waals surface area contributed by atoms with E-state index in [0.29, 0.717) is 21.9 Å². The summed E-state index contributed by atoms with van der Waals surface area (Å²) in [6.45, 7) is 4.58. The van der Waals surface area contributed by atoms with Gasteiger partial charge in [0.05, 0.1) is 27.8 Å². The SMILES string of the molecule is CC1(C)c2ccccc2N2c3ccccc3Oc3c(-c4cccc(-c5ccc6oc7ccccc7c(=O)c6c5)c4)ccc1c32. The number of rotatable bonds is 2. The van der Waals surface area contributed by atoms with Crippen molar-refractivity contribution in [3.05, 3.63) is 149 Å². The van der Waals surface area contributed by atoms with Crippen LogP contribution >= 0.6 is 0 Å². The Balaban J connectivity index is 1.23. The molecule has 3 heterocycles. The normalized spacial score (nSPS) is 14.1. The molecular weight excluding hydrogens is 542 g/mol. The van der Waals surface area contributed by atoms with Crippen LogP contribution in [0.5, 0.6) is 11.5 Å². The highest BCUT2D eigenvalue weighted by Crippen LogP contribution is 2.61. The summed E-state index contributed by atoms with van der Waals surface area (Å²) in [5, 5.41) is 1.16. The number of nitrogens with zero attached hydrogens (tertiary/aromatic N) is 1. The van der Waals surface area contributed by atoms with Crippen LogP contribution in [0.4, 0.5) is 17.1 Å². The molecule has 1 aromatic heterocycles. The van der Waals surface area contributed by atoms with Crippen molar-refractivity contribution >= 4 is 39.0 Å². The van der Waals surface area contributed by atoms with Gasteiger partial charge in [-0.2, -0.15) is 0 Å². The summed E-state index contributed by atoms with van der Waals surface area (Å²) in [7, 11) is 0. The van der Waals surface area contributed by atoms with Crippen molar-refractivity contribution in [2.75, 3.05) is 4.90 Å². The van der Waals surface area contributed by atoms with Gasteiger partial charge in [0.25, 0.3) is 0 Å². The highest BCUT2D eigenvalue weighted by Gasteiger charge is 2.42. The second-order valence-electron chi connectivity index (χ2n) is 12.1. The van der Waals surface area contributed by atoms with Crippen molar-refractivity contribution < 1.29 is 9.15 Å². The molecule has 0 saturated carbocycles. The summed E-state index contributed by atoms with van der Waals surface area (Å²) in [6, 6.07) is 43.1. The smallest absolute Gasteiger partial charge is 0.200 e. The molecule has 0 unspecified atom stereocenters. The van der Waals surface area contributed by atoms with E-state index in [1.165, 1.54) is 16.8 Å². The minimum Gasteiger partial charge on any atom is -0.456 e. The first-order valence-corrected chi connectivity index (χ1v) is 14.9. The zero-order valence-electron chi connectivity index (χ0n) is 24.3. The van der Waals surface area contributed by atoms with Gasteiger partial charge in [0.15, 0.2) is 11.5 Å². The summed E-state index contributed by atoms with van der Waals surface area (Å²) < 4.78 is 12.8. The van der Waals surface area contributed by atoms with Crippen LogP contribution in [0.25, 0.3) is 44.2 Å². The quantitative estimate of drug-likeness (QED) is 0.194. The Hall–Kier alpha value is -5.61. The van der Waals surface area contributed by atoms with Gasteiger partial charge in [-0.25, -0.2) is 0 Å². The lowest BCUT2D eigenvalue weighted by Crippen LogP contribution is -2.32. The molecule has 2 aliphatic heterocycles. The highest BCUT2D eigenvalue weighted by atomic mass is 16.5. The van der Waals surface area contributed by atoms with E-state index in [2.05, 4.69) is 91.5 Å². The zero-order chi connectivity index (χ0) is 29.6. The van der Waals surface area contributed by atoms with Crippen LogP contribution in [-0.2, 0) is 5.41 Å². The molecule has 0 bridgehead atoms. The largest absolute Gasteiger partial charge is 0.456 e. The second kappa shape index (κ2) is 8.95. The Kier molecular flexibility index (Phi) is 5.07. The maximum atomic E-state index is 13.4. The van der Waals surface area contributed by atoms with E-state index in [0.717, 1.165) is 45.1 Å². The fourth-order valence-corrected chi connectivity index (χ4v) is 7.03. The van der Waals surface area contributed by atoms with Gasteiger partial charge in [-0.3, -0.25) is 4.79 Å². The van der Waals surface area contributed by atoms with Crippen LogP contribution in [0.3, 0.4) is 0 Å². The van der Waals surface area contributed by atoms with Gasteiger partial charge in [-0.05, 0) is 76.3 Å². The minimum atomic E-state index is -0.205. The summed E-state index contributed by atoms with van der Waals surface area (Å²) in [5.74, 6) is 1.68. The molecule has 0 amide bonds. The van der Waals surface area contributed by atoms with Gasteiger partial charge in [-0.15, -0.1) is 0 Å². The highest BCUT2D eigenvalue weighted by molar-refractivity contribution is 5.98. The van der Waals surface area contributed by atoms with E-state index in [-0.39, 0.29) is 10.8 Å². The van der Waals surface area contributed by atoms with Crippen molar-refractivity contribution in [1.82, 2.24) is 0 Å². The molecule has 0 aliphatic carbocycles. The first-order valence-electron chi connectivity index (χ1n) is 14.9. The average molecular weight is 570 g/mol. The maximum Gasteiger partial charge on any atom is 0.200 e. The number of para-hydroxylation sites is 4. The molecule has 7 aromatic rings. The molecule has 2 aliphatic rings. The Morgan fingerprint density at radius 2 is 1.32 bits per heavy atom. The van der Waals surface area contributed by atoms with E-state index in [1.807, 2.05) is 54.6 Å². The van der Waals surface area contributed by atoms with E-state index in [4.69, 9.17) is 9.15 Å². The Bertz CT molecular complexity index is 2380. The number of anilines is 3. The van der Waals surface area contributed by atoms with Gasteiger partial charge in [0, 0.05) is 11.0 Å². The molecule has 4 nitrogen and oxygen atoms in total. The van der Waals surface area contributed by atoms with Crippen LogP contribution in [0.15, 0.2) is 137 Å². The molecule has 210 valence electrons. The van der Waals surface area contributed by atoms with Crippen molar-refractivity contribution in [2.45, 2.75) is 19.3 Å². The molecule has 0 spiro atoms. The summed E-state index contributed by atoms with van der Waals surface area (Å²) in [5.41, 5.74) is 10.8. The average Bonchev–Trinajstić information content (AvgIpc) is 3.06. The lowest BCUT2D eigenvalue weighted by molar-refractivity contribution is 0.473. The molecule has 9 rings (SSSR count). The molecule has 6 aromatic carbocycles. The monoisotopic (exact) mass is 569 g/mol. The Morgan fingerprint density at radius 3 is 2.23 bits per heavy atom. The zero-order valence-corrected chi connectivity index (χ0v) is 24.3. The fourth-order valence-electron chi connectivity index (χ4n) is 7.03. The summed E-state index contributed by atoms with van der Waals surface area (Å²) >= 11 is 0. The fraction of sp³-hybridized carbons (Fsp3) is 0.0750. The van der Waals surface area contributed by atoms with Gasteiger partial charge < -0.3 is 14.1 Å². The van der Waals surface area contributed by atoms with Gasteiger partial charge in [0.1, 0.15) is 11.2 Å². The topological polar surface area (TPSA) is 42.7 Å². The Morgan fingerprint density at radius 1 is 0.591 bits per heavy atom. The number of hydrogen-bond acceptors (Lipinski definition) is 4. The van der Waals surface area contributed by atoms with E-state index in [1.54, 1.807) is 0 Å². The second-order valence-corrected chi connectivity index (χ2v) is 12.1. The third-order valence-corrected chi connectivity index (χ3v) is 9.25. The van der Waals surface area contributed by atoms with Gasteiger partial charge in [-0.1, -0.05) is 92.7 Å².